The summed E-state index contributed by atoms with van der Waals surface area (Å²) in [4.78, 5) is 13.3. The third-order valence-corrected chi connectivity index (χ3v) is 8.37. The number of rotatable bonds is 6. The molecule has 1 aliphatic carbocycles. The van der Waals surface area contributed by atoms with Gasteiger partial charge in [-0.05, 0) is 59.4 Å². The van der Waals surface area contributed by atoms with Gasteiger partial charge in [0.1, 0.15) is 11.4 Å². The van der Waals surface area contributed by atoms with Crippen molar-refractivity contribution in [1.29, 1.82) is 0 Å². The molecule has 8 heteroatoms. The fraction of sp³-hybridized carbons (Fsp3) is 0.619. The zero-order valence-corrected chi connectivity index (χ0v) is 18.5. The first-order valence-corrected chi connectivity index (χ1v) is 11.9. The Bertz CT molecular complexity index is 1050. The van der Waals surface area contributed by atoms with Gasteiger partial charge in [-0.1, -0.05) is 6.42 Å². The predicted octanol–water partition coefficient (Wildman–Crippen LogP) is 3.31. The second-order valence-corrected chi connectivity index (χ2v) is 10.3. The maximum absolute atomic E-state index is 13.2. The predicted molar refractivity (Wildman–Crippen MR) is 111 cm³/mol. The monoisotopic (exact) mass is 418 g/mol. The molecule has 29 heavy (non-hydrogen) atoms. The molecule has 0 N–H and O–H groups in total. The van der Waals surface area contributed by atoms with E-state index in [1.807, 2.05) is 19.9 Å². The average molecular weight is 419 g/mol. The number of aryl methyl sites for hydroxylation is 2. The van der Waals surface area contributed by atoms with E-state index in [0.29, 0.717) is 36.1 Å². The summed E-state index contributed by atoms with van der Waals surface area (Å²) in [6.07, 6.45) is 5.18. The molecule has 2 aromatic rings. The summed E-state index contributed by atoms with van der Waals surface area (Å²) < 4.78 is 31.7. The lowest BCUT2D eigenvalue weighted by Crippen LogP contribution is -2.36. The van der Waals surface area contributed by atoms with Gasteiger partial charge in [-0.3, -0.25) is 9.48 Å². The Hall–Kier alpha value is -1.93. The second-order valence-electron chi connectivity index (χ2n) is 8.43. The number of sulfonamides is 1. The van der Waals surface area contributed by atoms with Gasteiger partial charge in [0.05, 0.1) is 11.4 Å². The fourth-order valence-electron chi connectivity index (χ4n) is 4.62. The first-order chi connectivity index (χ1) is 13.7. The molecular formula is C21H30N4O3S. The first kappa shape index (κ1) is 20.3. The molecule has 1 aliphatic heterocycles. The van der Waals surface area contributed by atoms with Crippen molar-refractivity contribution < 1.29 is 13.2 Å². The van der Waals surface area contributed by atoms with Gasteiger partial charge in [-0.2, -0.15) is 9.40 Å². The number of Topliss-reactive ketones (excluding diaryl/α,β-unsaturated/α-hetero) is 1. The molecule has 0 unspecified atom stereocenters. The number of piperidine rings is 1. The van der Waals surface area contributed by atoms with Crippen LogP contribution in [0.4, 0.5) is 0 Å². The van der Waals surface area contributed by atoms with Crippen LogP contribution in [0.25, 0.3) is 0 Å². The minimum Gasteiger partial charge on any atom is -0.345 e. The molecule has 2 fully saturated rings. The summed E-state index contributed by atoms with van der Waals surface area (Å²) >= 11 is 0. The van der Waals surface area contributed by atoms with Crippen LogP contribution in [-0.4, -0.2) is 45.9 Å². The van der Waals surface area contributed by atoms with Crippen LogP contribution in [0, 0.1) is 27.7 Å². The van der Waals surface area contributed by atoms with E-state index in [1.54, 1.807) is 22.8 Å². The van der Waals surface area contributed by atoms with Crippen LogP contribution in [0.1, 0.15) is 71.3 Å². The number of hydrogen-bond acceptors (Lipinski definition) is 4. The van der Waals surface area contributed by atoms with E-state index in [4.69, 9.17) is 0 Å². The topological polar surface area (TPSA) is 77.2 Å². The Morgan fingerprint density at radius 2 is 1.72 bits per heavy atom. The standard InChI is InChI=1S/C21H30N4O3S/c1-14-12-19(16(3)25(14)18-8-9-18)20(26)13-24-17(4)21(15(2)22-24)29(27,28)23-10-6-5-7-11-23/h12,18H,5-11,13H2,1-4H3. The molecule has 0 bridgehead atoms. The number of nitrogens with zero attached hydrogens (tertiary/aromatic N) is 4. The zero-order chi connectivity index (χ0) is 20.9. The summed E-state index contributed by atoms with van der Waals surface area (Å²) in [5.74, 6) is -0.0301. The van der Waals surface area contributed by atoms with Crippen molar-refractivity contribution in [2.75, 3.05) is 13.1 Å². The number of aromatic nitrogens is 3. The summed E-state index contributed by atoms with van der Waals surface area (Å²) in [7, 11) is -3.58. The maximum Gasteiger partial charge on any atom is 0.246 e. The number of hydrogen-bond donors (Lipinski definition) is 0. The van der Waals surface area contributed by atoms with Gasteiger partial charge in [0.2, 0.25) is 10.0 Å². The summed E-state index contributed by atoms with van der Waals surface area (Å²) in [6.45, 7) is 8.65. The highest BCUT2D eigenvalue weighted by Crippen LogP contribution is 2.38. The lowest BCUT2D eigenvalue weighted by Gasteiger charge is -2.25. The Labute approximate surface area is 172 Å². The highest BCUT2D eigenvalue weighted by molar-refractivity contribution is 7.89. The van der Waals surface area contributed by atoms with Crippen molar-refractivity contribution in [3.63, 3.8) is 0 Å². The van der Waals surface area contributed by atoms with E-state index in [-0.39, 0.29) is 17.2 Å². The Balaban J connectivity index is 1.61. The molecule has 1 saturated carbocycles. The smallest absolute Gasteiger partial charge is 0.246 e. The molecule has 3 heterocycles. The molecule has 0 aromatic carbocycles. The maximum atomic E-state index is 13.2. The van der Waals surface area contributed by atoms with Crippen molar-refractivity contribution in [2.45, 2.75) is 77.3 Å². The van der Waals surface area contributed by atoms with Crippen LogP contribution in [0.2, 0.25) is 0 Å². The lowest BCUT2D eigenvalue weighted by atomic mass is 10.1. The molecule has 4 rings (SSSR count). The van der Waals surface area contributed by atoms with Crippen molar-refractivity contribution in [3.8, 4) is 0 Å². The Morgan fingerprint density at radius 1 is 1.07 bits per heavy atom. The average Bonchev–Trinajstić information content (AvgIpc) is 3.40. The molecule has 0 radical (unpaired) electrons. The number of ketones is 1. The number of carbonyl (C=O) groups excluding carboxylic acids is 1. The third-order valence-electron chi connectivity index (χ3n) is 6.22. The highest BCUT2D eigenvalue weighted by atomic mass is 32.2. The van der Waals surface area contributed by atoms with Crippen LogP contribution in [0.3, 0.4) is 0 Å². The minimum atomic E-state index is -3.58. The van der Waals surface area contributed by atoms with E-state index in [2.05, 4.69) is 9.67 Å². The van der Waals surface area contributed by atoms with Gasteiger partial charge >= 0.3 is 0 Å². The van der Waals surface area contributed by atoms with Gasteiger partial charge < -0.3 is 4.57 Å². The molecular weight excluding hydrogens is 388 g/mol. The van der Waals surface area contributed by atoms with Crippen LogP contribution in [-0.2, 0) is 16.6 Å². The summed E-state index contributed by atoms with van der Waals surface area (Å²) in [5, 5.41) is 4.43. The molecule has 2 aliphatic rings. The van der Waals surface area contributed by atoms with Crippen molar-refractivity contribution in [1.82, 2.24) is 18.7 Å². The SMILES string of the molecule is Cc1nn(CC(=O)c2cc(C)n(C3CC3)c2C)c(C)c1S(=O)(=O)N1CCCCC1. The normalized spacial score (nSPS) is 18.3. The Kier molecular flexibility index (Phi) is 5.19. The minimum absolute atomic E-state index is 0.0301. The quantitative estimate of drug-likeness (QED) is 0.675. The summed E-state index contributed by atoms with van der Waals surface area (Å²) in [5.41, 5.74) is 3.82. The molecule has 0 amide bonds. The first-order valence-electron chi connectivity index (χ1n) is 10.5. The van der Waals surface area contributed by atoms with E-state index in [9.17, 15) is 13.2 Å². The van der Waals surface area contributed by atoms with E-state index in [0.717, 1.165) is 30.7 Å². The molecule has 7 nitrogen and oxygen atoms in total. The van der Waals surface area contributed by atoms with Gasteiger partial charge in [0, 0.05) is 36.1 Å². The van der Waals surface area contributed by atoms with Crippen LogP contribution in [0.15, 0.2) is 11.0 Å². The van der Waals surface area contributed by atoms with Crippen LogP contribution < -0.4 is 0 Å². The molecule has 2 aromatic heterocycles. The van der Waals surface area contributed by atoms with Gasteiger partial charge in [-0.15, -0.1) is 0 Å². The highest BCUT2D eigenvalue weighted by Gasteiger charge is 2.33. The molecule has 1 saturated heterocycles. The van der Waals surface area contributed by atoms with E-state index < -0.39 is 10.0 Å². The summed E-state index contributed by atoms with van der Waals surface area (Å²) in [6, 6.07) is 2.47. The fourth-order valence-corrected chi connectivity index (χ4v) is 6.51. The van der Waals surface area contributed by atoms with E-state index >= 15 is 0 Å². The van der Waals surface area contributed by atoms with Crippen molar-refractivity contribution in [3.05, 3.63) is 34.4 Å². The largest absolute Gasteiger partial charge is 0.345 e. The third kappa shape index (κ3) is 3.57. The molecule has 0 atom stereocenters. The Morgan fingerprint density at radius 3 is 2.34 bits per heavy atom. The lowest BCUT2D eigenvalue weighted by molar-refractivity contribution is 0.0966. The van der Waals surface area contributed by atoms with Gasteiger partial charge in [-0.25, -0.2) is 8.42 Å². The van der Waals surface area contributed by atoms with Crippen molar-refractivity contribution in [2.24, 2.45) is 0 Å². The molecule has 0 spiro atoms. The second kappa shape index (κ2) is 7.40. The zero-order valence-electron chi connectivity index (χ0n) is 17.7. The van der Waals surface area contributed by atoms with Crippen LogP contribution in [0.5, 0.6) is 0 Å². The van der Waals surface area contributed by atoms with Crippen molar-refractivity contribution >= 4 is 15.8 Å². The number of carbonyl (C=O) groups is 1. The van der Waals surface area contributed by atoms with Gasteiger partial charge in [0.25, 0.3) is 0 Å². The molecule has 158 valence electrons. The van der Waals surface area contributed by atoms with Gasteiger partial charge in [0.15, 0.2) is 5.78 Å². The van der Waals surface area contributed by atoms with Crippen LogP contribution >= 0.6 is 0 Å². The van der Waals surface area contributed by atoms with E-state index in [1.165, 1.54) is 12.8 Å².